The number of rotatable bonds is 7. The second-order valence-corrected chi connectivity index (χ2v) is 6.66. The van der Waals surface area contributed by atoms with Crippen LogP contribution in [0.2, 0.25) is 0 Å². The number of anilines is 1. The van der Waals surface area contributed by atoms with Crippen LogP contribution in [0.4, 0.5) is 9.52 Å². The van der Waals surface area contributed by atoms with Gasteiger partial charge in [0.05, 0.1) is 33.4 Å². The third kappa shape index (κ3) is 4.40. The molecule has 0 aliphatic carbocycles. The molecule has 0 saturated carbocycles. The molecule has 3 rings (SSSR count). The summed E-state index contributed by atoms with van der Waals surface area (Å²) in [4.78, 5) is 16.8. The smallest absolute Gasteiger partial charge is 0.230 e. The summed E-state index contributed by atoms with van der Waals surface area (Å²) >= 11 is 1.28. The van der Waals surface area contributed by atoms with Crippen LogP contribution in [0.25, 0.3) is 11.3 Å². The highest BCUT2D eigenvalue weighted by Crippen LogP contribution is 2.38. The predicted molar refractivity (Wildman–Crippen MR) is 106 cm³/mol. The van der Waals surface area contributed by atoms with Crippen molar-refractivity contribution < 1.29 is 23.4 Å². The van der Waals surface area contributed by atoms with Crippen molar-refractivity contribution in [2.45, 2.75) is 6.42 Å². The van der Waals surface area contributed by atoms with Gasteiger partial charge in [0.2, 0.25) is 11.7 Å². The molecule has 0 unspecified atom stereocenters. The maximum atomic E-state index is 13.4. The number of carbonyl (C=O) groups excluding carboxylic acids is 1. The third-order valence-corrected chi connectivity index (χ3v) is 4.72. The standard InChI is InChI=1S/C20H19FN2O4S/c1-25-16-7-12(8-17(26-2)19(16)27-3)9-18(24)23-20-22-15(11-28-20)13-5-4-6-14(21)10-13/h4-8,10-11H,9H2,1-3H3,(H,22,23,24). The Morgan fingerprint density at radius 1 is 1.11 bits per heavy atom. The van der Waals surface area contributed by atoms with Gasteiger partial charge in [-0.25, -0.2) is 9.37 Å². The Morgan fingerprint density at radius 2 is 1.82 bits per heavy atom. The first-order valence-electron chi connectivity index (χ1n) is 8.34. The summed E-state index contributed by atoms with van der Waals surface area (Å²) in [7, 11) is 4.56. The van der Waals surface area contributed by atoms with Crippen LogP contribution in [0.15, 0.2) is 41.8 Å². The highest BCUT2D eigenvalue weighted by molar-refractivity contribution is 7.14. The van der Waals surface area contributed by atoms with Gasteiger partial charge in [0.25, 0.3) is 0 Å². The number of benzene rings is 2. The van der Waals surface area contributed by atoms with E-state index >= 15 is 0 Å². The van der Waals surface area contributed by atoms with Gasteiger partial charge in [-0.15, -0.1) is 11.3 Å². The minimum absolute atomic E-state index is 0.103. The largest absolute Gasteiger partial charge is 0.493 e. The number of amides is 1. The fourth-order valence-corrected chi connectivity index (χ4v) is 3.43. The summed E-state index contributed by atoms with van der Waals surface area (Å²) < 4.78 is 29.3. The summed E-state index contributed by atoms with van der Waals surface area (Å²) in [5, 5.41) is 4.97. The van der Waals surface area contributed by atoms with Crippen LogP contribution in [0.3, 0.4) is 0 Å². The highest BCUT2D eigenvalue weighted by Gasteiger charge is 2.16. The Morgan fingerprint density at radius 3 is 2.43 bits per heavy atom. The van der Waals surface area contributed by atoms with Crippen molar-refractivity contribution >= 4 is 22.4 Å². The number of nitrogens with zero attached hydrogens (tertiary/aromatic N) is 1. The molecule has 2 aromatic carbocycles. The summed E-state index contributed by atoms with van der Waals surface area (Å²) in [6.07, 6.45) is 0.103. The average Bonchev–Trinajstić information content (AvgIpc) is 3.15. The topological polar surface area (TPSA) is 69.7 Å². The monoisotopic (exact) mass is 402 g/mol. The summed E-state index contributed by atoms with van der Waals surface area (Å²) in [5.41, 5.74) is 1.96. The van der Waals surface area contributed by atoms with Gasteiger partial charge in [0, 0.05) is 10.9 Å². The normalized spacial score (nSPS) is 10.4. The number of hydrogen-bond acceptors (Lipinski definition) is 6. The minimum Gasteiger partial charge on any atom is -0.493 e. The lowest BCUT2D eigenvalue weighted by atomic mass is 10.1. The molecule has 146 valence electrons. The van der Waals surface area contributed by atoms with Gasteiger partial charge in [-0.1, -0.05) is 12.1 Å². The van der Waals surface area contributed by atoms with Crippen molar-refractivity contribution in [3.05, 3.63) is 53.2 Å². The van der Waals surface area contributed by atoms with Crippen molar-refractivity contribution in [1.82, 2.24) is 4.98 Å². The van der Waals surface area contributed by atoms with E-state index in [1.165, 1.54) is 44.8 Å². The van der Waals surface area contributed by atoms with Gasteiger partial charge < -0.3 is 19.5 Å². The van der Waals surface area contributed by atoms with Crippen LogP contribution >= 0.6 is 11.3 Å². The van der Waals surface area contributed by atoms with Crippen molar-refractivity contribution in [1.29, 1.82) is 0 Å². The number of carbonyl (C=O) groups is 1. The van der Waals surface area contributed by atoms with Crippen molar-refractivity contribution in [3.63, 3.8) is 0 Å². The van der Waals surface area contributed by atoms with Gasteiger partial charge in [-0.05, 0) is 29.8 Å². The first-order chi connectivity index (χ1) is 13.5. The Hall–Kier alpha value is -3.13. The fourth-order valence-electron chi connectivity index (χ4n) is 2.70. The number of ether oxygens (including phenoxy) is 3. The number of hydrogen-bond donors (Lipinski definition) is 1. The Bertz CT molecular complexity index is 965. The minimum atomic E-state index is -0.335. The van der Waals surface area contributed by atoms with E-state index < -0.39 is 0 Å². The van der Waals surface area contributed by atoms with Crippen LogP contribution in [0.1, 0.15) is 5.56 Å². The van der Waals surface area contributed by atoms with E-state index in [-0.39, 0.29) is 18.1 Å². The Kier molecular flexibility index (Phi) is 6.10. The second-order valence-electron chi connectivity index (χ2n) is 5.81. The molecule has 6 nitrogen and oxygen atoms in total. The van der Waals surface area contributed by atoms with E-state index in [2.05, 4.69) is 10.3 Å². The van der Waals surface area contributed by atoms with E-state index in [0.29, 0.717) is 39.2 Å². The second kappa shape index (κ2) is 8.71. The lowest BCUT2D eigenvalue weighted by Gasteiger charge is -2.13. The Balaban J connectivity index is 1.73. The maximum Gasteiger partial charge on any atom is 0.230 e. The molecule has 0 atom stereocenters. The van der Waals surface area contributed by atoms with E-state index in [9.17, 15) is 9.18 Å². The van der Waals surface area contributed by atoms with Crippen LogP contribution < -0.4 is 19.5 Å². The van der Waals surface area contributed by atoms with Crippen LogP contribution in [0.5, 0.6) is 17.2 Å². The molecule has 1 aromatic heterocycles. The number of aromatic nitrogens is 1. The van der Waals surface area contributed by atoms with E-state index in [0.717, 1.165) is 0 Å². The zero-order chi connectivity index (χ0) is 20.1. The van der Waals surface area contributed by atoms with Crippen LogP contribution in [-0.2, 0) is 11.2 Å². The summed E-state index contributed by atoms with van der Waals surface area (Å²) in [6, 6.07) is 9.60. The molecule has 0 aliphatic rings. The molecule has 0 fully saturated rings. The maximum absolute atomic E-state index is 13.4. The van der Waals surface area contributed by atoms with Gasteiger partial charge in [0.15, 0.2) is 16.6 Å². The molecule has 0 bridgehead atoms. The molecule has 8 heteroatoms. The van der Waals surface area contributed by atoms with Gasteiger partial charge in [-0.3, -0.25) is 4.79 Å². The number of methoxy groups -OCH3 is 3. The third-order valence-electron chi connectivity index (χ3n) is 3.96. The van der Waals surface area contributed by atoms with E-state index in [1.54, 1.807) is 29.6 Å². The first kappa shape index (κ1) is 19.6. The molecule has 28 heavy (non-hydrogen) atoms. The van der Waals surface area contributed by atoms with Crippen molar-refractivity contribution in [3.8, 4) is 28.5 Å². The molecule has 3 aromatic rings. The summed E-state index contributed by atoms with van der Waals surface area (Å²) in [5.74, 6) is 0.848. The van der Waals surface area contributed by atoms with Gasteiger partial charge in [-0.2, -0.15) is 0 Å². The van der Waals surface area contributed by atoms with Gasteiger partial charge in [0.1, 0.15) is 5.82 Å². The molecule has 0 radical (unpaired) electrons. The number of nitrogens with one attached hydrogen (secondary N) is 1. The van der Waals surface area contributed by atoms with E-state index in [4.69, 9.17) is 14.2 Å². The zero-order valence-corrected chi connectivity index (χ0v) is 16.4. The lowest BCUT2D eigenvalue weighted by molar-refractivity contribution is -0.115. The molecule has 1 amide bonds. The molecular weight excluding hydrogens is 383 g/mol. The fraction of sp³-hybridized carbons (Fsp3) is 0.200. The quantitative estimate of drug-likeness (QED) is 0.643. The average molecular weight is 402 g/mol. The zero-order valence-electron chi connectivity index (χ0n) is 15.6. The molecule has 0 saturated heterocycles. The SMILES string of the molecule is COc1cc(CC(=O)Nc2nc(-c3cccc(F)c3)cs2)cc(OC)c1OC. The molecular formula is C20H19FN2O4S. The summed E-state index contributed by atoms with van der Waals surface area (Å²) in [6.45, 7) is 0. The molecule has 1 heterocycles. The van der Waals surface area contributed by atoms with E-state index in [1.807, 2.05) is 0 Å². The molecule has 0 aliphatic heterocycles. The Labute approximate surface area is 165 Å². The highest BCUT2D eigenvalue weighted by atomic mass is 32.1. The molecule has 0 spiro atoms. The molecule has 1 N–H and O–H groups in total. The van der Waals surface area contributed by atoms with Crippen LogP contribution in [-0.4, -0.2) is 32.2 Å². The predicted octanol–water partition coefficient (Wildman–Crippen LogP) is 4.16. The number of thiazole rings is 1. The number of halogens is 1. The van der Waals surface area contributed by atoms with Gasteiger partial charge >= 0.3 is 0 Å². The van der Waals surface area contributed by atoms with Crippen molar-refractivity contribution in [2.24, 2.45) is 0 Å². The lowest BCUT2D eigenvalue weighted by Crippen LogP contribution is -2.14. The van der Waals surface area contributed by atoms with Crippen molar-refractivity contribution in [2.75, 3.05) is 26.6 Å². The first-order valence-corrected chi connectivity index (χ1v) is 9.22. The van der Waals surface area contributed by atoms with Crippen LogP contribution in [0, 0.1) is 5.82 Å².